The molecule has 1 aromatic heterocycles. The second-order valence-corrected chi connectivity index (χ2v) is 5.64. The van der Waals surface area contributed by atoms with Gasteiger partial charge in [-0.15, -0.1) is 11.3 Å². The van der Waals surface area contributed by atoms with Gasteiger partial charge >= 0.3 is 0 Å². The third-order valence-corrected chi connectivity index (χ3v) is 4.60. The minimum Gasteiger partial charge on any atom is -0.371 e. The van der Waals surface area contributed by atoms with Crippen LogP contribution in [0.25, 0.3) is 10.1 Å². The highest BCUT2D eigenvalue weighted by Crippen LogP contribution is 2.27. The van der Waals surface area contributed by atoms with Gasteiger partial charge in [-0.2, -0.15) is 0 Å². The third-order valence-electron chi connectivity index (χ3n) is 3.70. The van der Waals surface area contributed by atoms with E-state index in [4.69, 9.17) is 0 Å². The van der Waals surface area contributed by atoms with E-state index in [0.717, 1.165) is 0 Å². The second-order valence-electron chi connectivity index (χ2n) is 4.69. The Balaban J connectivity index is 1.79. The van der Waals surface area contributed by atoms with E-state index < -0.39 is 0 Å². The maximum absolute atomic E-state index is 3.38. The predicted octanol–water partition coefficient (Wildman–Crippen LogP) is 3.09. The molecule has 2 nitrogen and oxygen atoms in total. The molecule has 0 aliphatic carbocycles. The van der Waals surface area contributed by atoms with Crippen LogP contribution in [0.1, 0.15) is 12.8 Å². The van der Waals surface area contributed by atoms with Gasteiger partial charge in [0.15, 0.2) is 0 Å². The van der Waals surface area contributed by atoms with Gasteiger partial charge in [0.1, 0.15) is 0 Å². The van der Waals surface area contributed by atoms with Crippen molar-refractivity contribution in [2.24, 2.45) is 0 Å². The SMILES string of the molecule is CNC1CCN(c2ccc3sccc3c2)CC1. The van der Waals surface area contributed by atoms with Crippen LogP contribution in [0.5, 0.6) is 0 Å². The summed E-state index contributed by atoms with van der Waals surface area (Å²) in [5, 5.41) is 6.92. The van der Waals surface area contributed by atoms with Crippen molar-refractivity contribution in [3.63, 3.8) is 0 Å². The number of rotatable bonds is 2. The Labute approximate surface area is 106 Å². The lowest BCUT2D eigenvalue weighted by Gasteiger charge is -2.33. The Morgan fingerprint density at radius 3 is 2.82 bits per heavy atom. The molecule has 2 heterocycles. The van der Waals surface area contributed by atoms with Crippen LogP contribution >= 0.6 is 11.3 Å². The number of piperidine rings is 1. The highest BCUT2D eigenvalue weighted by molar-refractivity contribution is 7.17. The fraction of sp³-hybridized carbons (Fsp3) is 0.429. The van der Waals surface area contributed by atoms with E-state index in [-0.39, 0.29) is 0 Å². The van der Waals surface area contributed by atoms with Crippen molar-refractivity contribution in [3.8, 4) is 0 Å². The van der Waals surface area contributed by atoms with Gasteiger partial charge < -0.3 is 10.2 Å². The lowest BCUT2D eigenvalue weighted by atomic mass is 10.0. The van der Waals surface area contributed by atoms with Crippen molar-refractivity contribution >= 4 is 27.1 Å². The summed E-state index contributed by atoms with van der Waals surface area (Å²) in [6.45, 7) is 2.34. The van der Waals surface area contributed by atoms with E-state index in [1.54, 1.807) is 0 Å². The van der Waals surface area contributed by atoms with E-state index in [1.165, 1.54) is 41.7 Å². The molecular weight excluding hydrogens is 228 g/mol. The molecule has 0 spiro atoms. The number of hydrogen-bond donors (Lipinski definition) is 1. The first kappa shape index (κ1) is 11.1. The molecule has 3 heteroatoms. The van der Waals surface area contributed by atoms with Gasteiger partial charge in [-0.25, -0.2) is 0 Å². The summed E-state index contributed by atoms with van der Waals surface area (Å²) in [6, 6.07) is 9.75. The number of anilines is 1. The Morgan fingerprint density at radius 1 is 1.24 bits per heavy atom. The third kappa shape index (κ3) is 2.17. The lowest BCUT2D eigenvalue weighted by molar-refractivity contribution is 0.442. The molecule has 1 aliphatic rings. The molecule has 0 unspecified atom stereocenters. The molecule has 1 N–H and O–H groups in total. The molecule has 1 fully saturated rings. The van der Waals surface area contributed by atoms with Crippen LogP contribution < -0.4 is 10.2 Å². The maximum Gasteiger partial charge on any atom is 0.0373 e. The van der Waals surface area contributed by atoms with Gasteiger partial charge in [-0.1, -0.05) is 0 Å². The monoisotopic (exact) mass is 246 g/mol. The van der Waals surface area contributed by atoms with Crippen LogP contribution in [0.4, 0.5) is 5.69 Å². The zero-order chi connectivity index (χ0) is 11.7. The minimum atomic E-state index is 0.705. The maximum atomic E-state index is 3.38. The molecule has 3 rings (SSSR count). The number of benzene rings is 1. The number of thiophene rings is 1. The van der Waals surface area contributed by atoms with E-state index in [1.807, 2.05) is 11.3 Å². The average Bonchev–Trinajstić information content (AvgIpc) is 2.86. The van der Waals surface area contributed by atoms with Gasteiger partial charge in [0, 0.05) is 29.5 Å². The fourth-order valence-corrected chi connectivity index (χ4v) is 3.35. The number of hydrogen-bond acceptors (Lipinski definition) is 3. The molecule has 0 amide bonds. The quantitative estimate of drug-likeness (QED) is 0.876. The molecule has 17 heavy (non-hydrogen) atoms. The van der Waals surface area contributed by atoms with E-state index >= 15 is 0 Å². The summed E-state index contributed by atoms with van der Waals surface area (Å²) >= 11 is 1.82. The summed E-state index contributed by atoms with van der Waals surface area (Å²) in [6.07, 6.45) is 2.50. The zero-order valence-electron chi connectivity index (χ0n) is 10.1. The van der Waals surface area contributed by atoms with Gasteiger partial charge in [0.05, 0.1) is 0 Å². The first-order valence-electron chi connectivity index (χ1n) is 6.26. The zero-order valence-corrected chi connectivity index (χ0v) is 11.0. The van der Waals surface area contributed by atoms with Gasteiger partial charge in [0.25, 0.3) is 0 Å². The molecule has 1 saturated heterocycles. The van der Waals surface area contributed by atoms with Gasteiger partial charge in [0.2, 0.25) is 0 Å². The van der Waals surface area contributed by atoms with Crippen LogP contribution in [-0.4, -0.2) is 26.2 Å². The van der Waals surface area contributed by atoms with Crippen LogP contribution in [0, 0.1) is 0 Å². The topological polar surface area (TPSA) is 15.3 Å². The molecule has 2 aromatic rings. The second kappa shape index (κ2) is 4.67. The van der Waals surface area contributed by atoms with E-state index in [9.17, 15) is 0 Å². The number of nitrogens with one attached hydrogen (secondary N) is 1. The molecular formula is C14H18N2S. The summed E-state index contributed by atoms with van der Waals surface area (Å²) < 4.78 is 1.39. The van der Waals surface area contributed by atoms with Crippen molar-refractivity contribution in [3.05, 3.63) is 29.6 Å². The number of nitrogens with zero attached hydrogens (tertiary/aromatic N) is 1. The average molecular weight is 246 g/mol. The Kier molecular flexibility index (Phi) is 3.04. The normalized spacial score (nSPS) is 17.8. The molecule has 0 saturated carbocycles. The summed E-state index contributed by atoms with van der Waals surface area (Å²) in [7, 11) is 2.07. The molecule has 0 atom stereocenters. The first-order valence-corrected chi connectivity index (χ1v) is 7.14. The van der Waals surface area contributed by atoms with Crippen molar-refractivity contribution in [2.45, 2.75) is 18.9 Å². The van der Waals surface area contributed by atoms with Crippen molar-refractivity contribution in [2.75, 3.05) is 25.0 Å². The van der Waals surface area contributed by atoms with Crippen LogP contribution in [-0.2, 0) is 0 Å². The smallest absolute Gasteiger partial charge is 0.0373 e. The minimum absolute atomic E-state index is 0.705. The van der Waals surface area contributed by atoms with Crippen LogP contribution in [0.3, 0.4) is 0 Å². The summed E-state index contributed by atoms with van der Waals surface area (Å²) in [5.41, 5.74) is 1.38. The van der Waals surface area contributed by atoms with Crippen molar-refractivity contribution < 1.29 is 0 Å². The predicted molar refractivity (Wildman–Crippen MR) is 76.1 cm³/mol. The highest BCUT2D eigenvalue weighted by Gasteiger charge is 2.17. The molecule has 0 radical (unpaired) electrons. The molecule has 90 valence electrons. The lowest BCUT2D eigenvalue weighted by Crippen LogP contribution is -2.41. The van der Waals surface area contributed by atoms with Crippen molar-refractivity contribution in [1.29, 1.82) is 0 Å². The highest BCUT2D eigenvalue weighted by atomic mass is 32.1. The molecule has 0 bridgehead atoms. The summed E-state index contributed by atoms with van der Waals surface area (Å²) in [5.74, 6) is 0. The van der Waals surface area contributed by atoms with Crippen molar-refractivity contribution in [1.82, 2.24) is 5.32 Å². The van der Waals surface area contributed by atoms with Crippen LogP contribution in [0.2, 0.25) is 0 Å². The fourth-order valence-electron chi connectivity index (χ4n) is 2.58. The van der Waals surface area contributed by atoms with Crippen LogP contribution in [0.15, 0.2) is 29.6 Å². The Bertz CT molecular complexity index is 498. The molecule has 1 aliphatic heterocycles. The van der Waals surface area contributed by atoms with E-state index in [2.05, 4.69) is 46.9 Å². The largest absolute Gasteiger partial charge is 0.371 e. The number of fused-ring (bicyclic) bond motifs is 1. The Hall–Kier alpha value is -1.06. The Morgan fingerprint density at radius 2 is 2.06 bits per heavy atom. The standard InChI is InChI=1S/C14H18N2S/c1-15-12-4-7-16(8-5-12)13-2-3-14-11(10-13)6-9-17-14/h2-3,6,9-10,12,15H,4-5,7-8H2,1H3. The van der Waals surface area contributed by atoms with Gasteiger partial charge in [-0.05, 0) is 54.9 Å². The van der Waals surface area contributed by atoms with E-state index in [0.29, 0.717) is 6.04 Å². The van der Waals surface area contributed by atoms with Gasteiger partial charge in [-0.3, -0.25) is 0 Å². The first-order chi connectivity index (χ1) is 8.36. The molecule has 1 aromatic carbocycles. The summed E-state index contributed by atoms with van der Waals surface area (Å²) in [4.78, 5) is 2.50.